The molecule has 1 heterocycles. The highest BCUT2D eigenvalue weighted by Gasteiger charge is 2.32. The van der Waals surface area contributed by atoms with E-state index in [-0.39, 0.29) is 5.95 Å². The van der Waals surface area contributed by atoms with Gasteiger partial charge in [0.2, 0.25) is 16.2 Å². The van der Waals surface area contributed by atoms with Crippen LogP contribution in [0.15, 0.2) is 18.5 Å². The number of halogens is 3. The fourth-order valence-electron chi connectivity index (χ4n) is 0.789. The van der Waals surface area contributed by atoms with Crippen LogP contribution in [0.5, 0.6) is 0 Å². The van der Waals surface area contributed by atoms with E-state index in [2.05, 4.69) is 20.6 Å². The minimum atomic E-state index is -1.69. The Hall–Kier alpha value is -0.780. The van der Waals surface area contributed by atoms with Gasteiger partial charge in [0.05, 0.1) is 0 Å². The molecule has 0 saturated heterocycles. The number of nitrogens with zero attached hydrogens (tertiary/aromatic N) is 2. The maximum atomic E-state index is 10.3. The molecule has 0 unspecified atom stereocenters. The Kier molecular flexibility index (Phi) is 4.38. The fourth-order valence-corrected chi connectivity index (χ4v) is 1.14. The lowest BCUT2D eigenvalue weighted by Crippen LogP contribution is -2.46. The summed E-state index contributed by atoms with van der Waals surface area (Å²) in [5, 5.41) is 4.96. The second kappa shape index (κ2) is 5.34. The van der Waals surface area contributed by atoms with Gasteiger partial charge in [0, 0.05) is 12.4 Å². The Morgan fingerprint density at radius 1 is 1.33 bits per heavy atom. The molecule has 82 valence electrons. The summed E-state index contributed by atoms with van der Waals surface area (Å²) >= 11 is 16.9. The second-order valence-electron chi connectivity index (χ2n) is 2.48. The van der Waals surface area contributed by atoms with Crippen molar-refractivity contribution in [3.8, 4) is 0 Å². The zero-order valence-corrected chi connectivity index (χ0v) is 9.59. The highest BCUT2D eigenvalue weighted by atomic mass is 35.6. The lowest BCUT2D eigenvalue weighted by molar-refractivity contribution is -0.110. The van der Waals surface area contributed by atoms with E-state index in [1.54, 1.807) is 6.07 Å². The van der Waals surface area contributed by atoms with Crippen LogP contribution in [0.1, 0.15) is 0 Å². The first kappa shape index (κ1) is 12.3. The summed E-state index contributed by atoms with van der Waals surface area (Å²) in [6, 6.07) is 1.64. The molecule has 1 amide bonds. The highest BCUT2D eigenvalue weighted by molar-refractivity contribution is 6.68. The standard InChI is InChI=1S/C7H7Cl3N4O/c8-7(9,10)5(13-4-15)14-6-11-2-1-3-12-6/h1-5H,(H,13,15)(H,11,12,14)/t5-/m1/s1. The van der Waals surface area contributed by atoms with Gasteiger partial charge in [-0.2, -0.15) is 0 Å². The molecule has 0 radical (unpaired) electrons. The van der Waals surface area contributed by atoms with Crippen LogP contribution in [0, 0.1) is 0 Å². The zero-order valence-electron chi connectivity index (χ0n) is 7.32. The van der Waals surface area contributed by atoms with Crippen molar-refractivity contribution in [3.05, 3.63) is 18.5 Å². The summed E-state index contributed by atoms with van der Waals surface area (Å²) in [5.74, 6) is 0.253. The normalized spacial score (nSPS) is 13.0. The predicted molar refractivity (Wildman–Crippen MR) is 58.9 cm³/mol. The van der Waals surface area contributed by atoms with Crippen LogP contribution in [0.3, 0.4) is 0 Å². The Morgan fingerprint density at radius 2 is 1.93 bits per heavy atom. The van der Waals surface area contributed by atoms with Crippen molar-refractivity contribution >= 4 is 47.2 Å². The molecule has 0 aromatic carbocycles. The Morgan fingerprint density at radius 3 is 2.40 bits per heavy atom. The number of nitrogens with one attached hydrogen (secondary N) is 2. The van der Waals surface area contributed by atoms with Crippen LogP contribution in [0.4, 0.5) is 5.95 Å². The van der Waals surface area contributed by atoms with E-state index in [4.69, 9.17) is 34.8 Å². The van der Waals surface area contributed by atoms with E-state index in [0.717, 1.165) is 0 Å². The average molecular weight is 270 g/mol. The summed E-state index contributed by atoms with van der Waals surface area (Å²) in [4.78, 5) is 18.0. The molecule has 2 N–H and O–H groups in total. The van der Waals surface area contributed by atoms with Gasteiger partial charge in [0.25, 0.3) is 0 Å². The fraction of sp³-hybridized carbons (Fsp3) is 0.286. The van der Waals surface area contributed by atoms with Crippen LogP contribution >= 0.6 is 34.8 Å². The maximum Gasteiger partial charge on any atom is 0.228 e. The number of rotatable bonds is 4. The summed E-state index contributed by atoms with van der Waals surface area (Å²) in [7, 11) is 0. The van der Waals surface area contributed by atoms with E-state index >= 15 is 0 Å². The van der Waals surface area contributed by atoms with Crippen molar-refractivity contribution in [2.75, 3.05) is 5.32 Å². The number of hydrogen-bond acceptors (Lipinski definition) is 4. The largest absolute Gasteiger partial charge is 0.335 e. The van der Waals surface area contributed by atoms with Gasteiger partial charge in [-0.15, -0.1) is 0 Å². The SMILES string of the molecule is O=CN[C@H](Nc1ncccn1)C(Cl)(Cl)Cl. The predicted octanol–water partition coefficient (Wildman–Crippen LogP) is 1.33. The van der Waals surface area contributed by atoms with Crippen LogP contribution in [0.25, 0.3) is 0 Å². The molecule has 1 aromatic heterocycles. The van der Waals surface area contributed by atoms with E-state index < -0.39 is 9.96 Å². The molecular weight excluding hydrogens is 262 g/mol. The molecule has 0 spiro atoms. The third kappa shape index (κ3) is 4.07. The molecular formula is C7H7Cl3N4O. The number of carbonyl (C=O) groups excluding carboxylic acids is 1. The molecule has 0 aliphatic carbocycles. The van der Waals surface area contributed by atoms with Gasteiger partial charge in [-0.05, 0) is 6.07 Å². The van der Waals surface area contributed by atoms with E-state index in [1.807, 2.05) is 0 Å². The topological polar surface area (TPSA) is 66.9 Å². The van der Waals surface area contributed by atoms with Crippen molar-refractivity contribution in [3.63, 3.8) is 0 Å². The van der Waals surface area contributed by atoms with Gasteiger partial charge in [-0.25, -0.2) is 9.97 Å². The molecule has 15 heavy (non-hydrogen) atoms. The van der Waals surface area contributed by atoms with Gasteiger partial charge in [0.15, 0.2) is 0 Å². The quantitative estimate of drug-likeness (QED) is 0.492. The van der Waals surface area contributed by atoms with Crippen LogP contribution in [-0.2, 0) is 4.79 Å². The first-order chi connectivity index (χ1) is 7.04. The van der Waals surface area contributed by atoms with E-state index in [1.165, 1.54) is 12.4 Å². The molecule has 8 heteroatoms. The number of aromatic nitrogens is 2. The highest BCUT2D eigenvalue weighted by Crippen LogP contribution is 2.30. The van der Waals surface area contributed by atoms with Gasteiger partial charge in [-0.1, -0.05) is 34.8 Å². The molecule has 1 atom stereocenters. The third-order valence-electron chi connectivity index (χ3n) is 1.40. The molecule has 0 bridgehead atoms. The van der Waals surface area contributed by atoms with Gasteiger partial charge >= 0.3 is 0 Å². The zero-order chi connectivity index (χ0) is 11.3. The van der Waals surface area contributed by atoms with Crippen molar-refractivity contribution in [1.82, 2.24) is 15.3 Å². The van der Waals surface area contributed by atoms with Crippen molar-refractivity contribution in [2.24, 2.45) is 0 Å². The lowest BCUT2D eigenvalue weighted by atomic mass is 10.5. The van der Waals surface area contributed by atoms with Crippen molar-refractivity contribution in [1.29, 1.82) is 0 Å². The third-order valence-corrected chi connectivity index (χ3v) is 2.06. The summed E-state index contributed by atoms with van der Waals surface area (Å²) in [6.45, 7) is 0. The van der Waals surface area contributed by atoms with Crippen molar-refractivity contribution in [2.45, 2.75) is 9.96 Å². The average Bonchev–Trinajstić information content (AvgIpc) is 2.17. The Balaban J connectivity index is 2.71. The van der Waals surface area contributed by atoms with Crippen LogP contribution in [-0.4, -0.2) is 26.3 Å². The molecule has 5 nitrogen and oxygen atoms in total. The monoisotopic (exact) mass is 268 g/mol. The minimum absolute atomic E-state index is 0.253. The summed E-state index contributed by atoms with van der Waals surface area (Å²) < 4.78 is -1.69. The first-order valence-corrected chi connectivity index (χ1v) is 4.97. The molecule has 1 rings (SSSR count). The van der Waals surface area contributed by atoms with Gasteiger partial charge in [0.1, 0.15) is 6.17 Å². The number of hydrogen-bond donors (Lipinski definition) is 2. The minimum Gasteiger partial charge on any atom is -0.335 e. The molecule has 0 fully saturated rings. The smallest absolute Gasteiger partial charge is 0.228 e. The maximum absolute atomic E-state index is 10.3. The number of carbonyl (C=O) groups is 1. The van der Waals surface area contributed by atoms with Gasteiger partial charge in [-0.3, -0.25) is 4.79 Å². The van der Waals surface area contributed by atoms with Gasteiger partial charge < -0.3 is 10.6 Å². The lowest BCUT2D eigenvalue weighted by Gasteiger charge is -2.24. The summed E-state index contributed by atoms with van der Waals surface area (Å²) in [6.07, 6.45) is 2.56. The Bertz CT molecular complexity index is 316. The van der Waals surface area contributed by atoms with Crippen LogP contribution in [0.2, 0.25) is 0 Å². The van der Waals surface area contributed by atoms with E-state index in [0.29, 0.717) is 6.41 Å². The van der Waals surface area contributed by atoms with Crippen molar-refractivity contribution < 1.29 is 4.79 Å². The summed E-state index contributed by atoms with van der Waals surface area (Å²) in [5.41, 5.74) is 0. The number of amides is 1. The second-order valence-corrected chi connectivity index (χ2v) is 4.84. The molecule has 0 aliphatic rings. The first-order valence-electron chi connectivity index (χ1n) is 3.84. The van der Waals surface area contributed by atoms with Crippen LogP contribution < -0.4 is 10.6 Å². The number of alkyl halides is 3. The molecule has 1 aromatic rings. The molecule has 0 aliphatic heterocycles. The number of anilines is 1. The molecule has 0 saturated carbocycles. The Labute approximate surface area is 101 Å². The van der Waals surface area contributed by atoms with E-state index in [9.17, 15) is 4.79 Å².